The van der Waals surface area contributed by atoms with Gasteiger partial charge in [-0.05, 0) is 4.57 Å². The molecule has 0 rings (SSSR count). The summed E-state index contributed by atoms with van der Waals surface area (Å²) in [5.74, 6) is 0.692. The van der Waals surface area contributed by atoms with Crippen molar-refractivity contribution in [2.24, 2.45) is 0 Å². The van der Waals surface area contributed by atoms with E-state index in [1.807, 2.05) is 0 Å². The predicted molar refractivity (Wildman–Crippen MR) is 42.8 cm³/mol. The molecule has 0 amide bonds. The van der Waals surface area contributed by atoms with Gasteiger partial charge in [-0.15, -0.1) is 28.1 Å². The Balaban J connectivity index is 3.61. The first kappa shape index (κ1) is 10.6. The molecule has 0 aliphatic rings. The Kier molecular flexibility index (Phi) is 6.70. The molecule has 60 valence electrons. The molecule has 1 N–H and O–H groups in total. The van der Waals surface area contributed by atoms with Crippen molar-refractivity contribution in [3.8, 4) is 0 Å². The van der Waals surface area contributed by atoms with Gasteiger partial charge in [-0.1, -0.05) is 4.67 Å². The quantitative estimate of drug-likeness (QED) is 0.544. The minimum Gasteiger partial charge on any atom is -0.144 e. The van der Waals surface area contributed by atoms with E-state index in [1.54, 1.807) is 0 Å². The number of rotatable bonds is 5. The minimum absolute atomic E-state index is 0.346. The van der Waals surface area contributed by atoms with Gasteiger partial charge in [-0.2, -0.15) is 0 Å². The van der Waals surface area contributed by atoms with E-state index in [1.165, 1.54) is 4.67 Å². The van der Waals surface area contributed by atoms with Crippen LogP contribution in [0.1, 0.15) is 0 Å². The summed E-state index contributed by atoms with van der Waals surface area (Å²) in [6, 6.07) is 0. The summed E-state index contributed by atoms with van der Waals surface area (Å²) in [4.78, 5) is 8.59. The summed E-state index contributed by atoms with van der Waals surface area (Å²) in [6.07, 6.45) is 0. The zero-order valence-electron chi connectivity index (χ0n) is 5.33. The summed E-state index contributed by atoms with van der Waals surface area (Å²) >= 11 is 10.7. The third kappa shape index (κ3) is 4.42. The van der Waals surface area contributed by atoms with E-state index in [2.05, 4.69) is 0 Å². The second-order valence-electron chi connectivity index (χ2n) is 1.58. The smallest absolute Gasteiger partial charge is 0.144 e. The monoisotopic (exact) mass is 204 g/mol. The van der Waals surface area contributed by atoms with Gasteiger partial charge < -0.3 is 0 Å². The van der Waals surface area contributed by atoms with Crippen LogP contribution in [0, 0.1) is 0 Å². The third-order valence-electron chi connectivity index (χ3n) is 0.927. The van der Waals surface area contributed by atoms with E-state index >= 15 is 0 Å². The van der Waals surface area contributed by atoms with Crippen molar-refractivity contribution in [2.75, 3.05) is 24.8 Å². The van der Waals surface area contributed by atoms with E-state index < -0.39 is 8.18 Å². The zero-order chi connectivity index (χ0) is 7.98. The fourth-order valence-corrected chi connectivity index (χ4v) is 1.66. The van der Waals surface area contributed by atoms with Crippen molar-refractivity contribution < 1.29 is 9.46 Å². The Hall–Kier alpha value is 0.600. The lowest BCUT2D eigenvalue weighted by molar-refractivity contribution is 0.393. The lowest BCUT2D eigenvalue weighted by Crippen LogP contribution is -2.20. The van der Waals surface area contributed by atoms with Crippen LogP contribution in [0.2, 0.25) is 0 Å². The van der Waals surface area contributed by atoms with Crippen molar-refractivity contribution in [2.45, 2.75) is 0 Å². The van der Waals surface area contributed by atoms with Gasteiger partial charge in [0.1, 0.15) is 0 Å². The van der Waals surface area contributed by atoms with E-state index in [0.29, 0.717) is 24.8 Å². The molecule has 6 heteroatoms. The highest BCUT2D eigenvalue weighted by atomic mass is 35.5. The SMILES string of the molecule is O=[P+](O)N(CCCl)CCCl. The molecule has 0 saturated heterocycles. The van der Waals surface area contributed by atoms with Crippen LogP contribution in [-0.4, -0.2) is 34.4 Å². The van der Waals surface area contributed by atoms with Crippen LogP contribution in [0.15, 0.2) is 0 Å². The molecule has 1 atom stereocenters. The fourth-order valence-electron chi connectivity index (χ4n) is 0.478. The Morgan fingerprint density at radius 2 is 1.70 bits per heavy atom. The van der Waals surface area contributed by atoms with Gasteiger partial charge in [0.05, 0.1) is 13.1 Å². The molecule has 0 saturated carbocycles. The maximum atomic E-state index is 10.4. The van der Waals surface area contributed by atoms with Crippen LogP contribution in [0.4, 0.5) is 0 Å². The Morgan fingerprint density at radius 1 is 1.30 bits per heavy atom. The maximum Gasteiger partial charge on any atom is 0.613 e. The van der Waals surface area contributed by atoms with Crippen LogP contribution in [0.3, 0.4) is 0 Å². The van der Waals surface area contributed by atoms with Gasteiger partial charge in [0.15, 0.2) is 0 Å². The van der Waals surface area contributed by atoms with Crippen LogP contribution in [-0.2, 0) is 4.57 Å². The lowest BCUT2D eigenvalue weighted by atomic mass is 10.7. The van der Waals surface area contributed by atoms with Crippen molar-refractivity contribution in [3.05, 3.63) is 0 Å². The molecule has 0 aromatic rings. The van der Waals surface area contributed by atoms with Gasteiger partial charge in [-0.25, -0.2) is 0 Å². The van der Waals surface area contributed by atoms with Crippen molar-refractivity contribution in [1.82, 2.24) is 4.67 Å². The molecule has 0 aromatic heterocycles. The number of halogens is 2. The standard InChI is InChI=1S/C4H8Cl2NO2P/c5-1-3-7(4-2-6)10(8)9/h1-4H2/p+1. The molecule has 0 radical (unpaired) electrons. The molecule has 0 heterocycles. The highest BCUT2D eigenvalue weighted by Gasteiger charge is 2.23. The van der Waals surface area contributed by atoms with Gasteiger partial charge in [0, 0.05) is 11.8 Å². The summed E-state index contributed by atoms with van der Waals surface area (Å²) in [6.45, 7) is 0.806. The van der Waals surface area contributed by atoms with Crippen molar-refractivity contribution in [1.29, 1.82) is 0 Å². The minimum atomic E-state index is -2.26. The Bertz CT molecular complexity index is 107. The van der Waals surface area contributed by atoms with Gasteiger partial charge in [0.2, 0.25) is 0 Å². The van der Waals surface area contributed by atoms with Crippen LogP contribution in [0.5, 0.6) is 0 Å². The van der Waals surface area contributed by atoms with E-state index in [4.69, 9.17) is 28.1 Å². The highest BCUT2D eigenvalue weighted by Crippen LogP contribution is 2.20. The van der Waals surface area contributed by atoms with Crippen molar-refractivity contribution >= 4 is 31.4 Å². The fraction of sp³-hybridized carbons (Fsp3) is 1.00. The molecule has 0 aliphatic carbocycles. The summed E-state index contributed by atoms with van der Waals surface area (Å²) in [7, 11) is -2.26. The average Bonchev–Trinajstić information content (AvgIpc) is 1.87. The first-order chi connectivity index (χ1) is 4.72. The third-order valence-corrected chi connectivity index (χ3v) is 2.15. The topological polar surface area (TPSA) is 40.5 Å². The largest absolute Gasteiger partial charge is 0.613 e. The molecule has 0 aromatic carbocycles. The molecule has 0 spiro atoms. The normalized spacial score (nSPS) is 12.2. The molecule has 1 unspecified atom stereocenters. The molecule has 0 fully saturated rings. The molecule has 0 aliphatic heterocycles. The lowest BCUT2D eigenvalue weighted by Gasteiger charge is -2.01. The second kappa shape index (κ2) is 6.32. The van der Waals surface area contributed by atoms with Crippen LogP contribution < -0.4 is 0 Å². The number of hydrogen-bond donors (Lipinski definition) is 1. The predicted octanol–water partition coefficient (Wildman–Crippen LogP) is 1.42. The van der Waals surface area contributed by atoms with Crippen LogP contribution >= 0.6 is 31.4 Å². The Morgan fingerprint density at radius 3 is 1.90 bits per heavy atom. The summed E-state index contributed by atoms with van der Waals surface area (Å²) < 4.78 is 11.8. The average molecular weight is 205 g/mol. The maximum absolute atomic E-state index is 10.4. The van der Waals surface area contributed by atoms with E-state index in [9.17, 15) is 4.57 Å². The molecule has 3 nitrogen and oxygen atoms in total. The van der Waals surface area contributed by atoms with E-state index in [-0.39, 0.29) is 0 Å². The Labute approximate surface area is 70.8 Å². The molecular formula is C4H9Cl2NO2P+. The van der Waals surface area contributed by atoms with E-state index in [0.717, 1.165) is 0 Å². The summed E-state index contributed by atoms with van der Waals surface area (Å²) in [5, 5.41) is 0. The molecule has 10 heavy (non-hydrogen) atoms. The second-order valence-corrected chi connectivity index (χ2v) is 3.41. The molecule has 0 bridgehead atoms. The first-order valence-corrected chi connectivity index (χ1v) is 4.98. The van der Waals surface area contributed by atoms with Crippen molar-refractivity contribution in [3.63, 3.8) is 0 Å². The van der Waals surface area contributed by atoms with Gasteiger partial charge in [0.25, 0.3) is 0 Å². The van der Waals surface area contributed by atoms with Gasteiger partial charge >= 0.3 is 8.18 Å². The number of nitrogens with zero attached hydrogens (tertiary/aromatic N) is 1. The molecular weight excluding hydrogens is 196 g/mol. The zero-order valence-corrected chi connectivity index (χ0v) is 7.74. The highest BCUT2D eigenvalue weighted by molar-refractivity contribution is 7.35. The summed E-state index contributed by atoms with van der Waals surface area (Å²) in [5.41, 5.74) is 0. The number of alkyl halides is 2. The van der Waals surface area contributed by atoms with Crippen LogP contribution in [0.25, 0.3) is 0 Å². The first-order valence-electron chi connectivity index (χ1n) is 2.75. The van der Waals surface area contributed by atoms with Gasteiger partial charge in [-0.3, -0.25) is 0 Å². The number of hydrogen-bond acceptors (Lipinski definition) is 1.